The van der Waals surface area contributed by atoms with Gasteiger partial charge in [0.25, 0.3) is 11.6 Å². The SMILES string of the molecule is C=CCN1CC2OC(OC(=O)C(=O)OC34CN(CC=C)CC(O3)c3cc(Cl)ccc34)(C1)c1ccc(Cl)cc12. The number of carbonyl (C=O) groups is 2. The van der Waals surface area contributed by atoms with Crippen molar-refractivity contribution in [3.63, 3.8) is 0 Å². The van der Waals surface area contributed by atoms with E-state index in [0.29, 0.717) is 47.4 Å². The first-order valence-electron chi connectivity index (χ1n) is 12.3. The number of benzene rings is 2. The van der Waals surface area contributed by atoms with Crippen molar-refractivity contribution >= 4 is 35.1 Å². The van der Waals surface area contributed by atoms with Crippen molar-refractivity contribution in [1.29, 1.82) is 0 Å². The van der Waals surface area contributed by atoms with Crippen LogP contribution >= 0.6 is 23.2 Å². The number of halogens is 2. The topological polar surface area (TPSA) is 77.5 Å². The minimum Gasteiger partial charge on any atom is -0.419 e. The molecule has 4 atom stereocenters. The van der Waals surface area contributed by atoms with E-state index in [1.165, 1.54) is 0 Å². The maximum Gasteiger partial charge on any atom is 0.420 e. The standard InChI is InChI=1S/C28H26Cl2N2O6/c1-3-9-31-13-23-19-11-17(29)5-7-21(19)27(15-31,35-23)37-25(33)26(34)38-28-16-32(10-4-2)14-24(36-28)20-12-18(30)6-8-22(20)28/h3-8,11-12,23-24H,1-2,9-10,13-16H2. The molecular weight excluding hydrogens is 531 g/mol. The summed E-state index contributed by atoms with van der Waals surface area (Å²) in [6.07, 6.45) is 2.78. The summed E-state index contributed by atoms with van der Waals surface area (Å²) in [4.78, 5) is 30.7. The summed E-state index contributed by atoms with van der Waals surface area (Å²) in [5, 5.41) is 1.09. The zero-order valence-electron chi connectivity index (χ0n) is 20.5. The van der Waals surface area contributed by atoms with Crippen LogP contribution in [0, 0.1) is 0 Å². The highest BCUT2D eigenvalue weighted by Crippen LogP contribution is 2.51. The Hall–Kier alpha value is -2.72. The molecular formula is C28H26Cl2N2O6. The highest BCUT2D eigenvalue weighted by Gasteiger charge is 2.57. The highest BCUT2D eigenvalue weighted by molar-refractivity contribution is 6.31. The quantitative estimate of drug-likeness (QED) is 0.297. The van der Waals surface area contributed by atoms with E-state index in [9.17, 15) is 9.59 Å². The van der Waals surface area contributed by atoms with Crippen molar-refractivity contribution in [2.24, 2.45) is 0 Å². The molecule has 6 rings (SSSR count). The van der Waals surface area contributed by atoms with Gasteiger partial charge >= 0.3 is 11.9 Å². The molecule has 0 spiro atoms. The number of hydrogen-bond donors (Lipinski definition) is 0. The Bertz CT molecular complexity index is 1250. The van der Waals surface area contributed by atoms with Crippen molar-refractivity contribution in [3.05, 3.63) is 94.0 Å². The molecule has 198 valence electrons. The lowest BCUT2D eigenvalue weighted by molar-refractivity contribution is -0.288. The first-order valence-corrected chi connectivity index (χ1v) is 13.1. The normalized spacial score (nSPS) is 29.3. The van der Waals surface area contributed by atoms with Crippen molar-refractivity contribution < 1.29 is 28.5 Å². The maximum atomic E-state index is 13.3. The average Bonchev–Trinajstić information content (AvgIpc) is 3.22. The van der Waals surface area contributed by atoms with Crippen LogP contribution in [-0.4, -0.2) is 61.0 Å². The van der Waals surface area contributed by atoms with E-state index in [1.54, 1.807) is 48.6 Å². The second-order valence-electron chi connectivity index (χ2n) is 9.93. The fourth-order valence-electron chi connectivity index (χ4n) is 5.96. The number of fused-ring (bicyclic) bond motifs is 10. The molecule has 2 aromatic rings. The third kappa shape index (κ3) is 4.16. The molecule has 2 saturated heterocycles. The average molecular weight is 557 g/mol. The smallest absolute Gasteiger partial charge is 0.419 e. The molecule has 0 amide bonds. The minimum atomic E-state index is -1.48. The molecule has 4 unspecified atom stereocenters. The van der Waals surface area contributed by atoms with Crippen LogP contribution in [0.3, 0.4) is 0 Å². The third-order valence-electron chi connectivity index (χ3n) is 7.37. The molecule has 0 aliphatic carbocycles. The van der Waals surface area contributed by atoms with Gasteiger partial charge < -0.3 is 18.9 Å². The van der Waals surface area contributed by atoms with Crippen molar-refractivity contribution in [2.45, 2.75) is 23.8 Å². The fourth-order valence-corrected chi connectivity index (χ4v) is 6.32. The Morgan fingerprint density at radius 2 is 1.26 bits per heavy atom. The molecule has 2 aromatic carbocycles. The van der Waals surface area contributed by atoms with E-state index in [0.717, 1.165) is 11.1 Å². The van der Waals surface area contributed by atoms with Gasteiger partial charge in [-0.1, -0.05) is 47.5 Å². The van der Waals surface area contributed by atoms with Crippen LogP contribution in [0.5, 0.6) is 0 Å². The molecule has 38 heavy (non-hydrogen) atoms. The van der Waals surface area contributed by atoms with Gasteiger partial charge in [0, 0.05) is 47.4 Å². The predicted octanol–water partition coefficient (Wildman–Crippen LogP) is 4.23. The second-order valence-corrected chi connectivity index (χ2v) is 10.8. The van der Waals surface area contributed by atoms with E-state index < -0.39 is 23.5 Å². The number of nitrogens with zero attached hydrogens (tertiary/aromatic N) is 2. The van der Waals surface area contributed by atoms with Gasteiger partial charge in [0.2, 0.25) is 0 Å². The fraction of sp³-hybridized carbons (Fsp3) is 0.357. The lowest BCUT2D eigenvalue weighted by atomic mass is 10.0. The summed E-state index contributed by atoms with van der Waals surface area (Å²) in [6.45, 7) is 10.3. The van der Waals surface area contributed by atoms with Gasteiger partial charge in [0.05, 0.1) is 13.1 Å². The van der Waals surface area contributed by atoms with E-state index in [2.05, 4.69) is 13.2 Å². The molecule has 4 aliphatic heterocycles. The lowest BCUT2D eigenvalue weighted by Gasteiger charge is -2.40. The summed E-state index contributed by atoms with van der Waals surface area (Å²) in [5.41, 5.74) is 2.96. The Morgan fingerprint density at radius 3 is 1.66 bits per heavy atom. The summed E-state index contributed by atoms with van der Waals surface area (Å²) in [6, 6.07) is 10.6. The Labute approximate surface area is 230 Å². The van der Waals surface area contributed by atoms with Crippen molar-refractivity contribution in [1.82, 2.24) is 9.80 Å². The van der Waals surface area contributed by atoms with E-state index in [1.807, 2.05) is 9.80 Å². The largest absolute Gasteiger partial charge is 0.420 e. The minimum absolute atomic E-state index is 0.224. The van der Waals surface area contributed by atoms with Crippen LogP contribution in [0.1, 0.15) is 34.5 Å². The summed E-state index contributed by atoms with van der Waals surface area (Å²) in [5.74, 6) is -5.31. The maximum absolute atomic E-state index is 13.3. The van der Waals surface area contributed by atoms with Gasteiger partial charge in [-0.15, -0.1) is 13.2 Å². The summed E-state index contributed by atoms with van der Waals surface area (Å²) in [7, 11) is 0. The number of morpholine rings is 2. The molecule has 8 nitrogen and oxygen atoms in total. The van der Waals surface area contributed by atoms with Gasteiger partial charge in [-0.05, 0) is 35.4 Å². The first-order chi connectivity index (χ1) is 18.3. The predicted molar refractivity (Wildman–Crippen MR) is 139 cm³/mol. The number of ether oxygens (including phenoxy) is 4. The van der Waals surface area contributed by atoms with Gasteiger partial charge in [-0.25, -0.2) is 9.59 Å². The molecule has 10 heteroatoms. The van der Waals surface area contributed by atoms with Gasteiger partial charge in [0.1, 0.15) is 12.2 Å². The first kappa shape index (κ1) is 25.6. The zero-order chi connectivity index (χ0) is 26.7. The van der Waals surface area contributed by atoms with Crippen molar-refractivity contribution in [2.75, 3.05) is 39.3 Å². The molecule has 2 fully saturated rings. The van der Waals surface area contributed by atoms with Crippen LogP contribution in [0.2, 0.25) is 10.0 Å². The van der Waals surface area contributed by atoms with Gasteiger partial charge in [0.15, 0.2) is 0 Å². The van der Waals surface area contributed by atoms with Gasteiger partial charge in [-0.3, -0.25) is 9.80 Å². The molecule has 4 heterocycles. The number of rotatable bonds is 6. The molecule has 0 saturated carbocycles. The molecule has 0 N–H and O–H groups in total. The van der Waals surface area contributed by atoms with Crippen LogP contribution < -0.4 is 0 Å². The van der Waals surface area contributed by atoms with Gasteiger partial charge in [-0.2, -0.15) is 0 Å². The lowest BCUT2D eigenvalue weighted by Crippen LogP contribution is -2.52. The Morgan fingerprint density at radius 1 is 0.842 bits per heavy atom. The molecule has 0 radical (unpaired) electrons. The third-order valence-corrected chi connectivity index (χ3v) is 7.85. The summed E-state index contributed by atoms with van der Waals surface area (Å²) >= 11 is 12.5. The van der Waals surface area contributed by atoms with E-state index in [4.69, 9.17) is 42.1 Å². The summed E-state index contributed by atoms with van der Waals surface area (Å²) < 4.78 is 24.1. The highest BCUT2D eigenvalue weighted by atomic mass is 35.5. The second kappa shape index (κ2) is 9.48. The Kier molecular flexibility index (Phi) is 6.38. The van der Waals surface area contributed by atoms with Crippen molar-refractivity contribution in [3.8, 4) is 0 Å². The zero-order valence-corrected chi connectivity index (χ0v) is 22.0. The number of carbonyl (C=O) groups excluding carboxylic acids is 2. The van der Waals surface area contributed by atoms with E-state index >= 15 is 0 Å². The molecule has 0 aromatic heterocycles. The van der Waals surface area contributed by atoms with E-state index in [-0.39, 0.29) is 25.3 Å². The molecule has 4 aliphatic rings. The Balaban J connectivity index is 1.28. The van der Waals surface area contributed by atoms with Crippen LogP contribution in [0.15, 0.2) is 61.7 Å². The molecule has 4 bridgehead atoms. The van der Waals surface area contributed by atoms with Crippen LogP contribution in [-0.2, 0) is 40.1 Å². The number of hydrogen-bond acceptors (Lipinski definition) is 8. The van der Waals surface area contributed by atoms with Crippen LogP contribution in [0.4, 0.5) is 0 Å². The number of esters is 2. The van der Waals surface area contributed by atoms with Crippen LogP contribution in [0.25, 0.3) is 0 Å². The monoisotopic (exact) mass is 556 g/mol.